The topological polar surface area (TPSA) is 92.1 Å². The number of benzene rings is 1. The Morgan fingerprint density at radius 1 is 1.38 bits per heavy atom. The summed E-state index contributed by atoms with van der Waals surface area (Å²) < 4.78 is 1.92. The first-order chi connectivity index (χ1) is 11.7. The fourth-order valence-electron chi connectivity index (χ4n) is 2.83. The number of aliphatic hydroxyl groups is 1. The van der Waals surface area contributed by atoms with Crippen molar-refractivity contribution in [2.24, 2.45) is 5.92 Å². The van der Waals surface area contributed by atoms with Gasteiger partial charge in [-0.15, -0.1) is 10.2 Å². The maximum atomic E-state index is 12.3. The number of nitrogens with one attached hydrogen (secondary N) is 2. The fraction of sp³-hybridized carbons (Fsp3) is 0.353. The number of amides is 2. The van der Waals surface area contributed by atoms with Crippen LogP contribution in [0.15, 0.2) is 42.7 Å². The van der Waals surface area contributed by atoms with Crippen LogP contribution in [0, 0.1) is 5.92 Å². The second kappa shape index (κ2) is 7.27. The molecule has 2 atom stereocenters. The summed E-state index contributed by atoms with van der Waals surface area (Å²) in [6, 6.07) is 7.17. The van der Waals surface area contributed by atoms with E-state index in [1.54, 1.807) is 6.33 Å². The van der Waals surface area contributed by atoms with Crippen LogP contribution in [0.5, 0.6) is 0 Å². The highest BCUT2D eigenvalue weighted by atomic mass is 16.3. The maximum Gasteiger partial charge on any atom is 0.319 e. The van der Waals surface area contributed by atoms with Gasteiger partial charge in [0.25, 0.3) is 0 Å². The van der Waals surface area contributed by atoms with Crippen LogP contribution < -0.4 is 10.6 Å². The van der Waals surface area contributed by atoms with E-state index in [0.29, 0.717) is 5.69 Å². The molecule has 0 aliphatic heterocycles. The molecule has 7 heteroatoms. The molecule has 0 fully saturated rings. The van der Waals surface area contributed by atoms with Crippen LogP contribution in [0.2, 0.25) is 0 Å². The van der Waals surface area contributed by atoms with Gasteiger partial charge in [0, 0.05) is 30.7 Å². The number of aryl methyl sites for hydroxylation is 1. The van der Waals surface area contributed by atoms with Crippen molar-refractivity contribution in [3.8, 4) is 11.4 Å². The number of aromatic nitrogens is 3. The lowest BCUT2D eigenvalue weighted by Crippen LogP contribution is -2.36. The molecule has 0 radical (unpaired) electrons. The lowest BCUT2D eigenvalue weighted by Gasteiger charge is -2.15. The van der Waals surface area contributed by atoms with Crippen molar-refractivity contribution >= 4 is 11.7 Å². The standard InChI is InChI=1S/C17H21N5O2/c1-2-22-11-18-21-16(22)14-5-3-4-6-15(14)20-17(24)19-13-8-7-12(9-13)10-23/h3-8,11-13,23H,2,9-10H2,1H3,(H2,19,20,24)/t12-,13+/m0/s1. The number of aliphatic hydroxyl groups excluding tert-OH is 1. The van der Waals surface area contributed by atoms with Crippen molar-refractivity contribution in [2.75, 3.05) is 11.9 Å². The van der Waals surface area contributed by atoms with Crippen molar-refractivity contribution in [1.82, 2.24) is 20.1 Å². The lowest BCUT2D eigenvalue weighted by atomic mass is 10.1. The Morgan fingerprint density at radius 2 is 2.21 bits per heavy atom. The van der Waals surface area contributed by atoms with Gasteiger partial charge in [-0.2, -0.15) is 0 Å². The molecule has 126 valence electrons. The van der Waals surface area contributed by atoms with E-state index in [4.69, 9.17) is 5.11 Å². The van der Waals surface area contributed by atoms with Crippen molar-refractivity contribution in [3.05, 3.63) is 42.7 Å². The average Bonchev–Trinajstić information content (AvgIpc) is 3.24. The summed E-state index contributed by atoms with van der Waals surface area (Å²) in [5.74, 6) is 0.834. The molecule has 2 amide bonds. The first-order valence-corrected chi connectivity index (χ1v) is 8.05. The predicted molar refractivity (Wildman–Crippen MR) is 91.4 cm³/mol. The molecule has 2 aromatic rings. The number of hydrogen-bond acceptors (Lipinski definition) is 4. The summed E-state index contributed by atoms with van der Waals surface area (Å²) in [4.78, 5) is 12.3. The van der Waals surface area contributed by atoms with Gasteiger partial charge < -0.3 is 20.3 Å². The Balaban J connectivity index is 1.72. The van der Waals surface area contributed by atoms with Gasteiger partial charge in [-0.25, -0.2) is 4.79 Å². The molecule has 0 saturated heterocycles. The fourth-order valence-corrected chi connectivity index (χ4v) is 2.83. The molecule has 0 unspecified atom stereocenters. The van der Waals surface area contributed by atoms with E-state index in [2.05, 4.69) is 20.8 Å². The third-order valence-electron chi connectivity index (χ3n) is 4.10. The number of nitrogens with zero attached hydrogens (tertiary/aromatic N) is 3. The molecule has 3 N–H and O–H groups in total. The highest BCUT2D eigenvalue weighted by Crippen LogP contribution is 2.26. The molecule has 1 aromatic heterocycles. The average molecular weight is 327 g/mol. The molecule has 1 heterocycles. The van der Waals surface area contributed by atoms with E-state index in [1.807, 2.05) is 47.9 Å². The monoisotopic (exact) mass is 327 g/mol. The molecule has 0 spiro atoms. The molecule has 7 nitrogen and oxygen atoms in total. The van der Waals surface area contributed by atoms with Crippen LogP contribution in [0.1, 0.15) is 13.3 Å². The number of hydrogen-bond donors (Lipinski definition) is 3. The lowest BCUT2D eigenvalue weighted by molar-refractivity contribution is 0.238. The molecule has 24 heavy (non-hydrogen) atoms. The number of carbonyl (C=O) groups excluding carboxylic acids is 1. The van der Waals surface area contributed by atoms with Crippen LogP contribution in [0.3, 0.4) is 0 Å². The smallest absolute Gasteiger partial charge is 0.319 e. The number of para-hydroxylation sites is 1. The highest BCUT2D eigenvalue weighted by Gasteiger charge is 2.20. The summed E-state index contributed by atoms with van der Waals surface area (Å²) in [5.41, 5.74) is 1.50. The van der Waals surface area contributed by atoms with Crippen LogP contribution >= 0.6 is 0 Å². The van der Waals surface area contributed by atoms with Gasteiger partial charge in [-0.05, 0) is 25.5 Å². The molecule has 0 bridgehead atoms. The van der Waals surface area contributed by atoms with E-state index in [0.717, 1.165) is 24.4 Å². The van der Waals surface area contributed by atoms with E-state index < -0.39 is 0 Å². The Hall–Kier alpha value is -2.67. The Labute approximate surface area is 140 Å². The van der Waals surface area contributed by atoms with E-state index >= 15 is 0 Å². The largest absolute Gasteiger partial charge is 0.396 e. The van der Waals surface area contributed by atoms with Crippen molar-refractivity contribution in [3.63, 3.8) is 0 Å². The maximum absolute atomic E-state index is 12.3. The summed E-state index contributed by atoms with van der Waals surface area (Å²) in [6.45, 7) is 2.86. The van der Waals surface area contributed by atoms with Gasteiger partial charge >= 0.3 is 6.03 Å². The summed E-state index contributed by atoms with van der Waals surface area (Å²) in [5, 5.41) is 23.0. The summed E-state index contributed by atoms with van der Waals surface area (Å²) in [6.07, 6.45) is 6.24. The second-order valence-electron chi connectivity index (χ2n) is 5.75. The van der Waals surface area contributed by atoms with Gasteiger partial charge in [-0.1, -0.05) is 24.3 Å². The third kappa shape index (κ3) is 3.46. The van der Waals surface area contributed by atoms with E-state index in [9.17, 15) is 4.79 Å². The minimum absolute atomic E-state index is 0.0615. The zero-order valence-corrected chi connectivity index (χ0v) is 13.5. The van der Waals surface area contributed by atoms with Gasteiger partial charge in [-0.3, -0.25) is 0 Å². The quantitative estimate of drug-likeness (QED) is 0.733. The molecule has 0 saturated carbocycles. The molecule has 1 aromatic carbocycles. The predicted octanol–water partition coefficient (Wildman–Crippen LogP) is 2.02. The van der Waals surface area contributed by atoms with E-state index in [-0.39, 0.29) is 24.6 Å². The minimum Gasteiger partial charge on any atom is -0.396 e. The molecule has 3 rings (SSSR count). The van der Waals surface area contributed by atoms with Crippen LogP contribution in [0.4, 0.5) is 10.5 Å². The summed E-state index contributed by atoms with van der Waals surface area (Å²) >= 11 is 0. The molecular weight excluding hydrogens is 306 g/mol. The highest BCUT2D eigenvalue weighted by molar-refractivity contribution is 5.93. The first-order valence-electron chi connectivity index (χ1n) is 8.05. The number of anilines is 1. The SMILES string of the molecule is CCn1cnnc1-c1ccccc1NC(=O)N[C@@H]1C=C[C@H](CO)C1. The zero-order valence-electron chi connectivity index (χ0n) is 13.5. The Bertz CT molecular complexity index is 740. The number of urea groups is 1. The molecular formula is C17H21N5O2. The van der Waals surface area contributed by atoms with E-state index in [1.165, 1.54) is 0 Å². The Morgan fingerprint density at radius 3 is 2.96 bits per heavy atom. The second-order valence-corrected chi connectivity index (χ2v) is 5.75. The number of carbonyl (C=O) groups is 1. The van der Waals surface area contributed by atoms with Crippen LogP contribution in [-0.4, -0.2) is 38.6 Å². The zero-order chi connectivity index (χ0) is 16.9. The van der Waals surface area contributed by atoms with Crippen LogP contribution in [-0.2, 0) is 6.54 Å². The van der Waals surface area contributed by atoms with Crippen LogP contribution in [0.25, 0.3) is 11.4 Å². The van der Waals surface area contributed by atoms with Gasteiger partial charge in [0.15, 0.2) is 5.82 Å². The van der Waals surface area contributed by atoms with Crippen molar-refractivity contribution < 1.29 is 9.90 Å². The molecule has 1 aliphatic carbocycles. The van der Waals surface area contributed by atoms with Crippen molar-refractivity contribution in [1.29, 1.82) is 0 Å². The first kappa shape index (κ1) is 16.2. The summed E-state index contributed by atoms with van der Waals surface area (Å²) in [7, 11) is 0. The number of rotatable bonds is 5. The van der Waals surface area contributed by atoms with Gasteiger partial charge in [0.1, 0.15) is 6.33 Å². The normalized spacial score (nSPS) is 19.4. The third-order valence-corrected chi connectivity index (χ3v) is 4.10. The van der Waals surface area contributed by atoms with Gasteiger partial charge in [0.05, 0.1) is 5.69 Å². The van der Waals surface area contributed by atoms with Crippen molar-refractivity contribution in [2.45, 2.75) is 25.9 Å². The minimum atomic E-state index is -0.279. The Kier molecular flexibility index (Phi) is 4.90. The van der Waals surface area contributed by atoms with Gasteiger partial charge in [0.2, 0.25) is 0 Å². The molecule has 1 aliphatic rings.